The van der Waals surface area contributed by atoms with E-state index >= 15 is 0 Å². The normalized spacial score (nSPS) is 11.5. The summed E-state index contributed by atoms with van der Waals surface area (Å²) in [5, 5.41) is 14.4. The average Bonchev–Trinajstić information content (AvgIpc) is 2.97. The van der Waals surface area contributed by atoms with Crippen molar-refractivity contribution in [2.75, 3.05) is 10.8 Å². The van der Waals surface area contributed by atoms with Gasteiger partial charge < -0.3 is 5.11 Å². The number of carboxylic acids is 1. The Morgan fingerprint density at radius 3 is 2.58 bits per heavy atom. The molecule has 0 bridgehead atoms. The van der Waals surface area contributed by atoms with Gasteiger partial charge in [-0.3, -0.25) is 13.8 Å². The van der Waals surface area contributed by atoms with Gasteiger partial charge >= 0.3 is 5.97 Å². The number of nitrogens with zero attached hydrogens (tertiary/aromatic N) is 3. The van der Waals surface area contributed by atoms with E-state index in [0.29, 0.717) is 5.39 Å². The Morgan fingerprint density at radius 2 is 1.92 bits per heavy atom. The van der Waals surface area contributed by atoms with E-state index in [-0.39, 0.29) is 10.6 Å². The van der Waals surface area contributed by atoms with E-state index in [0.717, 1.165) is 9.69 Å². The van der Waals surface area contributed by atoms with Gasteiger partial charge in [0.15, 0.2) is 0 Å². The first-order valence-electron chi connectivity index (χ1n) is 7.10. The monoisotopic (exact) mass is 345 g/mol. The average molecular weight is 345 g/mol. The van der Waals surface area contributed by atoms with Crippen LogP contribution in [0.3, 0.4) is 0 Å². The van der Waals surface area contributed by atoms with Gasteiger partial charge in [-0.1, -0.05) is 36.4 Å². The predicted molar refractivity (Wildman–Crippen MR) is 89.3 cm³/mol. The molecule has 7 nitrogen and oxygen atoms in total. The van der Waals surface area contributed by atoms with E-state index in [2.05, 4.69) is 5.10 Å². The number of aromatic nitrogens is 2. The minimum atomic E-state index is -4.06. The first-order chi connectivity index (χ1) is 11.4. The maximum absolute atomic E-state index is 13.1. The van der Waals surface area contributed by atoms with Crippen molar-refractivity contribution in [2.45, 2.75) is 4.90 Å². The number of anilines is 1. The Labute approximate surface area is 138 Å². The maximum atomic E-state index is 13.1. The third kappa shape index (κ3) is 2.83. The van der Waals surface area contributed by atoms with Gasteiger partial charge in [0.2, 0.25) is 0 Å². The molecule has 124 valence electrons. The number of rotatable bonds is 5. The maximum Gasteiger partial charge on any atom is 0.324 e. The lowest BCUT2D eigenvalue weighted by molar-refractivity contribution is -0.135. The van der Waals surface area contributed by atoms with Crippen LogP contribution in [0, 0.1) is 0 Å². The first-order valence-corrected chi connectivity index (χ1v) is 8.54. The molecule has 8 heteroatoms. The standard InChI is InChI=1S/C16H15N3O4S/c1-18-10-13(9-17-18)19(11-16(20)21)24(22,23)15-8-4-6-12-5-2-3-7-14(12)15/h2-10H,11H2,1H3,(H,20,21). The molecule has 0 aliphatic carbocycles. The van der Waals surface area contributed by atoms with Gasteiger partial charge in [0.1, 0.15) is 6.54 Å². The van der Waals surface area contributed by atoms with E-state index in [9.17, 15) is 13.2 Å². The number of benzene rings is 2. The zero-order chi connectivity index (χ0) is 17.3. The van der Waals surface area contributed by atoms with Crippen LogP contribution in [0.1, 0.15) is 0 Å². The van der Waals surface area contributed by atoms with Gasteiger partial charge in [-0.05, 0) is 11.5 Å². The summed E-state index contributed by atoms with van der Waals surface area (Å²) in [5.41, 5.74) is 0.202. The highest BCUT2D eigenvalue weighted by atomic mass is 32.2. The summed E-state index contributed by atoms with van der Waals surface area (Å²) in [7, 11) is -2.43. The predicted octanol–water partition coefficient (Wildman–Crippen LogP) is 1.85. The summed E-state index contributed by atoms with van der Waals surface area (Å²) in [4.78, 5) is 11.3. The molecular formula is C16H15N3O4S. The lowest BCUT2D eigenvalue weighted by Gasteiger charge is -2.21. The smallest absolute Gasteiger partial charge is 0.324 e. The van der Waals surface area contributed by atoms with E-state index in [1.165, 1.54) is 23.1 Å². The van der Waals surface area contributed by atoms with Crippen LogP contribution in [-0.2, 0) is 21.9 Å². The molecule has 0 fully saturated rings. The van der Waals surface area contributed by atoms with Crippen molar-refractivity contribution >= 4 is 32.5 Å². The summed E-state index contributed by atoms with van der Waals surface area (Å²) in [6, 6.07) is 12.0. The Morgan fingerprint density at radius 1 is 1.21 bits per heavy atom. The van der Waals surface area contributed by atoms with Crippen molar-refractivity contribution in [3.8, 4) is 0 Å². The lowest BCUT2D eigenvalue weighted by atomic mass is 10.1. The Bertz CT molecular complexity index is 1010. The number of hydrogen-bond acceptors (Lipinski definition) is 4. The number of sulfonamides is 1. The Kier molecular flexibility index (Phi) is 3.98. The van der Waals surface area contributed by atoms with Crippen LogP contribution < -0.4 is 4.31 Å². The molecule has 1 aromatic heterocycles. The van der Waals surface area contributed by atoms with Gasteiger partial charge in [0, 0.05) is 18.6 Å². The van der Waals surface area contributed by atoms with Crippen LogP contribution in [0.5, 0.6) is 0 Å². The topological polar surface area (TPSA) is 92.5 Å². The SMILES string of the molecule is Cn1cc(N(CC(=O)O)S(=O)(=O)c2cccc3ccccc23)cn1. The third-order valence-electron chi connectivity index (χ3n) is 3.58. The van der Waals surface area contributed by atoms with E-state index < -0.39 is 22.5 Å². The van der Waals surface area contributed by atoms with Gasteiger partial charge in [-0.25, -0.2) is 8.42 Å². The van der Waals surface area contributed by atoms with Crippen molar-refractivity contribution in [2.24, 2.45) is 7.05 Å². The number of fused-ring (bicyclic) bond motifs is 1. The molecule has 3 aromatic rings. The second kappa shape index (κ2) is 5.97. The molecule has 0 radical (unpaired) electrons. The third-order valence-corrected chi connectivity index (χ3v) is 5.41. The van der Waals surface area contributed by atoms with Gasteiger partial charge in [-0.15, -0.1) is 0 Å². The van der Waals surface area contributed by atoms with Gasteiger partial charge in [0.05, 0.1) is 16.8 Å². The van der Waals surface area contributed by atoms with Crippen molar-refractivity contribution < 1.29 is 18.3 Å². The Hall–Kier alpha value is -2.87. The fourth-order valence-corrected chi connectivity index (χ4v) is 4.12. The number of hydrogen-bond donors (Lipinski definition) is 1. The first kappa shape index (κ1) is 16.0. The van der Waals surface area contributed by atoms with Crippen molar-refractivity contribution in [3.63, 3.8) is 0 Å². The number of aryl methyl sites for hydroxylation is 1. The highest BCUT2D eigenvalue weighted by Gasteiger charge is 2.29. The van der Waals surface area contributed by atoms with E-state index in [1.54, 1.807) is 37.4 Å². The molecule has 0 spiro atoms. The molecule has 3 rings (SSSR count). The molecule has 0 amide bonds. The molecule has 0 saturated carbocycles. The minimum absolute atomic E-state index is 0.0608. The second-order valence-corrected chi connectivity index (χ2v) is 7.09. The van der Waals surface area contributed by atoms with Crippen LogP contribution in [0.4, 0.5) is 5.69 Å². The van der Waals surface area contributed by atoms with Gasteiger partial charge in [-0.2, -0.15) is 5.10 Å². The fraction of sp³-hybridized carbons (Fsp3) is 0.125. The molecule has 0 aliphatic heterocycles. The van der Waals surface area contributed by atoms with Crippen LogP contribution in [0.2, 0.25) is 0 Å². The lowest BCUT2D eigenvalue weighted by Crippen LogP contribution is -2.35. The number of aliphatic carboxylic acids is 1. The zero-order valence-electron chi connectivity index (χ0n) is 12.8. The molecule has 1 N–H and O–H groups in total. The molecule has 24 heavy (non-hydrogen) atoms. The number of carbonyl (C=O) groups is 1. The van der Waals surface area contributed by atoms with E-state index in [1.807, 2.05) is 6.07 Å². The minimum Gasteiger partial charge on any atom is -0.480 e. The highest BCUT2D eigenvalue weighted by Crippen LogP contribution is 2.28. The summed E-state index contributed by atoms with van der Waals surface area (Å²) < 4.78 is 28.5. The van der Waals surface area contributed by atoms with Crippen molar-refractivity contribution in [3.05, 3.63) is 54.9 Å². The molecular weight excluding hydrogens is 330 g/mol. The van der Waals surface area contributed by atoms with Crippen LogP contribution >= 0.6 is 0 Å². The van der Waals surface area contributed by atoms with Crippen molar-refractivity contribution in [1.82, 2.24) is 9.78 Å². The van der Waals surface area contributed by atoms with Gasteiger partial charge in [0.25, 0.3) is 10.0 Å². The molecule has 0 saturated heterocycles. The summed E-state index contributed by atoms with van der Waals surface area (Å²) in [5.74, 6) is -1.25. The quantitative estimate of drug-likeness (QED) is 0.762. The number of carboxylic acid groups (broad SMARTS) is 1. The molecule has 1 heterocycles. The van der Waals surface area contributed by atoms with Crippen LogP contribution in [0.15, 0.2) is 59.8 Å². The van der Waals surface area contributed by atoms with E-state index in [4.69, 9.17) is 5.11 Å². The zero-order valence-corrected chi connectivity index (χ0v) is 13.6. The molecule has 0 unspecified atom stereocenters. The van der Waals surface area contributed by atoms with Crippen LogP contribution in [-0.4, -0.2) is 35.8 Å². The summed E-state index contributed by atoms with van der Waals surface area (Å²) in [6.07, 6.45) is 2.79. The fourth-order valence-electron chi connectivity index (χ4n) is 2.51. The summed E-state index contributed by atoms with van der Waals surface area (Å²) >= 11 is 0. The largest absolute Gasteiger partial charge is 0.480 e. The highest BCUT2D eigenvalue weighted by molar-refractivity contribution is 7.93. The molecule has 0 atom stereocenters. The molecule has 2 aromatic carbocycles. The molecule has 0 aliphatic rings. The Balaban J connectivity index is 2.20. The van der Waals surface area contributed by atoms with Crippen molar-refractivity contribution in [1.29, 1.82) is 0 Å². The van der Waals surface area contributed by atoms with Crippen LogP contribution in [0.25, 0.3) is 10.8 Å². The second-order valence-electron chi connectivity index (χ2n) is 5.25. The summed E-state index contributed by atoms with van der Waals surface area (Å²) in [6.45, 7) is -0.683.